The lowest BCUT2D eigenvalue weighted by Gasteiger charge is -1.98. The lowest BCUT2D eigenvalue weighted by Crippen LogP contribution is -2.04. The van der Waals surface area contributed by atoms with Crippen LogP contribution in [-0.4, -0.2) is 15.9 Å². The summed E-state index contributed by atoms with van der Waals surface area (Å²) >= 11 is 1.44. The van der Waals surface area contributed by atoms with Crippen LogP contribution >= 0.6 is 11.3 Å². The predicted octanol–water partition coefficient (Wildman–Crippen LogP) is 2.33. The zero-order chi connectivity index (χ0) is 12.0. The van der Waals surface area contributed by atoms with Crippen molar-refractivity contribution in [3.8, 4) is 0 Å². The van der Waals surface area contributed by atoms with Gasteiger partial charge in [0, 0.05) is 29.6 Å². The molecule has 6 heteroatoms. The third kappa shape index (κ3) is 1.52. The molecule has 3 aromatic rings. The molecule has 0 aliphatic heterocycles. The standard InChI is InChI=1S/C11H9F2N3S/c12-7-3-9-10(4-8(7)13)16-6(1-2-14)5-17-11(16)15-9/h3-5H,1-2,14H2. The quantitative estimate of drug-likeness (QED) is 0.761. The maximum absolute atomic E-state index is 13.2. The van der Waals surface area contributed by atoms with Gasteiger partial charge in [-0.05, 0) is 6.54 Å². The molecule has 0 saturated heterocycles. The van der Waals surface area contributed by atoms with Crippen LogP contribution in [0.4, 0.5) is 8.78 Å². The van der Waals surface area contributed by atoms with Crippen molar-refractivity contribution in [1.82, 2.24) is 9.38 Å². The van der Waals surface area contributed by atoms with Crippen molar-refractivity contribution in [1.29, 1.82) is 0 Å². The molecule has 3 nitrogen and oxygen atoms in total. The molecule has 3 rings (SSSR count). The molecule has 2 aromatic heterocycles. The van der Waals surface area contributed by atoms with Gasteiger partial charge in [0.05, 0.1) is 11.0 Å². The molecule has 0 unspecified atom stereocenters. The van der Waals surface area contributed by atoms with Crippen LogP contribution in [0.25, 0.3) is 16.0 Å². The van der Waals surface area contributed by atoms with Gasteiger partial charge in [0.2, 0.25) is 0 Å². The number of rotatable bonds is 2. The fraction of sp³-hybridized carbons (Fsp3) is 0.182. The predicted molar refractivity (Wildman–Crippen MR) is 63.2 cm³/mol. The third-order valence-corrected chi connectivity index (χ3v) is 3.53. The minimum absolute atomic E-state index is 0.467. The number of imidazole rings is 1. The summed E-state index contributed by atoms with van der Waals surface area (Å²) in [7, 11) is 0. The molecular formula is C11H9F2N3S. The number of thiazole rings is 1. The Labute approximate surface area is 99.5 Å². The van der Waals surface area contributed by atoms with E-state index in [1.807, 2.05) is 9.78 Å². The first kappa shape index (κ1) is 10.6. The summed E-state index contributed by atoms with van der Waals surface area (Å²) in [4.78, 5) is 4.98. The molecule has 0 aliphatic rings. The molecule has 0 aliphatic carbocycles. The number of nitrogens with zero attached hydrogens (tertiary/aromatic N) is 2. The number of halogens is 2. The van der Waals surface area contributed by atoms with E-state index in [0.29, 0.717) is 24.0 Å². The maximum atomic E-state index is 13.2. The van der Waals surface area contributed by atoms with Crippen molar-refractivity contribution in [2.24, 2.45) is 5.73 Å². The van der Waals surface area contributed by atoms with Crippen molar-refractivity contribution >= 4 is 27.3 Å². The van der Waals surface area contributed by atoms with E-state index in [0.717, 1.165) is 16.7 Å². The summed E-state index contributed by atoms with van der Waals surface area (Å²) in [6.07, 6.45) is 0.685. The smallest absolute Gasteiger partial charge is 0.194 e. The van der Waals surface area contributed by atoms with Gasteiger partial charge < -0.3 is 5.73 Å². The second-order valence-corrected chi connectivity index (χ2v) is 4.59. The largest absolute Gasteiger partial charge is 0.330 e. The van der Waals surface area contributed by atoms with Gasteiger partial charge in [0.15, 0.2) is 16.6 Å². The zero-order valence-electron chi connectivity index (χ0n) is 8.78. The van der Waals surface area contributed by atoms with Crippen LogP contribution < -0.4 is 5.73 Å². The summed E-state index contributed by atoms with van der Waals surface area (Å²) in [5.41, 5.74) is 7.54. The van der Waals surface area contributed by atoms with Crippen molar-refractivity contribution in [3.05, 3.63) is 34.8 Å². The van der Waals surface area contributed by atoms with Crippen molar-refractivity contribution in [2.45, 2.75) is 6.42 Å². The Morgan fingerprint density at radius 2 is 2.06 bits per heavy atom. The molecule has 2 N–H and O–H groups in total. The summed E-state index contributed by atoms with van der Waals surface area (Å²) in [5, 5.41) is 1.94. The lowest BCUT2D eigenvalue weighted by molar-refractivity contribution is 0.510. The average Bonchev–Trinajstić information content (AvgIpc) is 2.81. The van der Waals surface area contributed by atoms with Crippen LogP contribution in [-0.2, 0) is 6.42 Å². The lowest BCUT2D eigenvalue weighted by atomic mass is 10.3. The van der Waals surface area contributed by atoms with E-state index in [-0.39, 0.29) is 0 Å². The number of hydrogen-bond acceptors (Lipinski definition) is 3. The summed E-state index contributed by atoms with van der Waals surface area (Å²) in [6.45, 7) is 0.509. The Bertz CT molecular complexity index is 701. The highest BCUT2D eigenvalue weighted by Crippen LogP contribution is 2.25. The van der Waals surface area contributed by atoms with Crippen LogP contribution in [0.3, 0.4) is 0 Å². The monoisotopic (exact) mass is 253 g/mol. The van der Waals surface area contributed by atoms with Gasteiger partial charge in [-0.25, -0.2) is 13.8 Å². The number of aromatic nitrogens is 2. The number of nitrogens with two attached hydrogens (primary N) is 1. The highest BCUT2D eigenvalue weighted by Gasteiger charge is 2.13. The zero-order valence-corrected chi connectivity index (χ0v) is 9.60. The molecule has 88 valence electrons. The van der Waals surface area contributed by atoms with E-state index in [1.165, 1.54) is 17.4 Å². The molecule has 0 amide bonds. The van der Waals surface area contributed by atoms with Gasteiger partial charge in [0.25, 0.3) is 0 Å². The SMILES string of the molecule is NCCc1csc2nc3cc(F)c(F)cc3n12. The summed E-state index contributed by atoms with van der Waals surface area (Å²) in [5.74, 6) is -1.73. The number of fused-ring (bicyclic) bond motifs is 3. The Kier molecular flexibility index (Phi) is 2.34. The molecular weight excluding hydrogens is 244 g/mol. The van der Waals surface area contributed by atoms with Crippen molar-refractivity contribution < 1.29 is 8.78 Å². The average molecular weight is 253 g/mol. The normalized spacial score (nSPS) is 11.7. The van der Waals surface area contributed by atoms with E-state index in [2.05, 4.69) is 4.98 Å². The van der Waals surface area contributed by atoms with E-state index in [1.54, 1.807) is 0 Å². The Morgan fingerprint density at radius 1 is 1.29 bits per heavy atom. The maximum Gasteiger partial charge on any atom is 0.194 e. The van der Waals surface area contributed by atoms with Gasteiger partial charge in [0.1, 0.15) is 0 Å². The fourth-order valence-corrected chi connectivity index (χ4v) is 2.84. The Morgan fingerprint density at radius 3 is 2.82 bits per heavy atom. The number of hydrogen-bond donors (Lipinski definition) is 1. The van der Waals surface area contributed by atoms with E-state index in [4.69, 9.17) is 5.73 Å². The van der Waals surface area contributed by atoms with Crippen molar-refractivity contribution in [3.63, 3.8) is 0 Å². The van der Waals surface area contributed by atoms with Crippen LogP contribution in [0.1, 0.15) is 5.69 Å². The third-order valence-electron chi connectivity index (χ3n) is 2.65. The molecule has 2 heterocycles. The van der Waals surface area contributed by atoms with Gasteiger partial charge in [-0.3, -0.25) is 4.40 Å². The second kappa shape index (κ2) is 3.75. The highest BCUT2D eigenvalue weighted by atomic mass is 32.1. The van der Waals surface area contributed by atoms with Crippen LogP contribution in [0, 0.1) is 11.6 Å². The van der Waals surface area contributed by atoms with E-state index >= 15 is 0 Å². The molecule has 0 bridgehead atoms. The second-order valence-electron chi connectivity index (χ2n) is 3.75. The van der Waals surface area contributed by atoms with Gasteiger partial charge in [-0.2, -0.15) is 0 Å². The van der Waals surface area contributed by atoms with Crippen LogP contribution in [0.5, 0.6) is 0 Å². The Hall–Kier alpha value is -1.53. The molecule has 0 radical (unpaired) electrons. The fourth-order valence-electron chi connectivity index (χ4n) is 1.90. The minimum atomic E-state index is -0.872. The first-order valence-electron chi connectivity index (χ1n) is 5.14. The van der Waals surface area contributed by atoms with Crippen LogP contribution in [0.2, 0.25) is 0 Å². The molecule has 17 heavy (non-hydrogen) atoms. The van der Waals surface area contributed by atoms with Gasteiger partial charge in [-0.15, -0.1) is 11.3 Å². The molecule has 0 atom stereocenters. The van der Waals surface area contributed by atoms with E-state index < -0.39 is 11.6 Å². The highest BCUT2D eigenvalue weighted by molar-refractivity contribution is 7.15. The van der Waals surface area contributed by atoms with Gasteiger partial charge >= 0.3 is 0 Å². The minimum Gasteiger partial charge on any atom is -0.330 e. The molecule has 0 spiro atoms. The first-order chi connectivity index (χ1) is 8.20. The Balaban J connectivity index is 2.38. The summed E-state index contributed by atoms with van der Waals surface area (Å²) in [6, 6.07) is 2.30. The molecule has 0 saturated carbocycles. The number of benzene rings is 1. The molecule has 1 aromatic carbocycles. The van der Waals surface area contributed by atoms with Crippen molar-refractivity contribution in [2.75, 3.05) is 6.54 Å². The first-order valence-corrected chi connectivity index (χ1v) is 6.02. The topological polar surface area (TPSA) is 43.3 Å². The summed E-state index contributed by atoms with van der Waals surface area (Å²) < 4.78 is 28.2. The molecule has 0 fully saturated rings. The van der Waals surface area contributed by atoms with Gasteiger partial charge in [-0.1, -0.05) is 0 Å². The van der Waals surface area contributed by atoms with E-state index in [9.17, 15) is 8.78 Å². The van der Waals surface area contributed by atoms with Crippen LogP contribution in [0.15, 0.2) is 17.5 Å².